The van der Waals surface area contributed by atoms with E-state index in [1.54, 1.807) is 10.7 Å². The molecule has 1 aliphatic heterocycles. The number of aromatic nitrogens is 3. The number of hydrogen-bond donors (Lipinski definition) is 0. The SMILES string of the molecule is O=S(=O)(c1ccc2c(c1)CCCC2)N1CC(n2cc(COc3ccccc3)nn2)C1. The molecule has 8 heteroatoms. The maximum Gasteiger partial charge on any atom is 0.243 e. The highest BCUT2D eigenvalue weighted by molar-refractivity contribution is 7.89. The fraction of sp³-hybridized carbons (Fsp3) is 0.364. The van der Waals surface area contributed by atoms with Crippen molar-refractivity contribution >= 4 is 10.0 Å². The van der Waals surface area contributed by atoms with Crippen LogP contribution in [0.3, 0.4) is 0 Å². The highest BCUT2D eigenvalue weighted by atomic mass is 32.2. The molecule has 0 saturated carbocycles. The summed E-state index contributed by atoms with van der Waals surface area (Å²) in [6.07, 6.45) is 6.16. The Bertz CT molecular complexity index is 1140. The second-order valence-corrected chi connectivity index (χ2v) is 9.84. The van der Waals surface area contributed by atoms with Gasteiger partial charge in [-0.05, 0) is 61.1 Å². The van der Waals surface area contributed by atoms with Gasteiger partial charge in [-0.15, -0.1) is 5.10 Å². The Balaban J connectivity index is 1.21. The average molecular weight is 425 g/mol. The molecule has 2 aliphatic rings. The molecule has 7 nitrogen and oxygen atoms in total. The van der Waals surface area contributed by atoms with Gasteiger partial charge in [0.1, 0.15) is 18.1 Å². The van der Waals surface area contributed by atoms with E-state index >= 15 is 0 Å². The van der Waals surface area contributed by atoms with E-state index < -0.39 is 10.0 Å². The van der Waals surface area contributed by atoms with Gasteiger partial charge in [-0.2, -0.15) is 4.31 Å². The van der Waals surface area contributed by atoms with Crippen molar-refractivity contribution in [3.8, 4) is 5.75 Å². The first-order valence-corrected chi connectivity index (χ1v) is 11.7. The largest absolute Gasteiger partial charge is 0.487 e. The fourth-order valence-corrected chi connectivity index (χ4v) is 5.60. The second-order valence-electron chi connectivity index (χ2n) is 7.91. The van der Waals surface area contributed by atoms with Crippen molar-refractivity contribution in [1.29, 1.82) is 0 Å². The minimum atomic E-state index is -3.47. The van der Waals surface area contributed by atoms with Crippen LogP contribution >= 0.6 is 0 Å². The molecule has 0 radical (unpaired) electrons. The lowest BCUT2D eigenvalue weighted by Crippen LogP contribution is -2.50. The third-order valence-corrected chi connectivity index (χ3v) is 7.68. The lowest BCUT2D eigenvalue weighted by atomic mass is 9.92. The lowest BCUT2D eigenvalue weighted by molar-refractivity contribution is 0.188. The van der Waals surface area contributed by atoms with Crippen molar-refractivity contribution in [3.05, 3.63) is 71.5 Å². The smallest absolute Gasteiger partial charge is 0.243 e. The molecule has 0 spiro atoms. The van der Waals surface area contributed by atoms with Gasteiger partial charge in [0.15, 0.2) is 0 Å². The third-order valence-electron chi connectivity index (χ3n) is 5.85. The van der Waals surface area contributed by atoms with Crippen LogP contribution in [0.4, 0.5) is 0 Å². The van der Waals surface area contributed by atoms with Gasteiger partial charge < -0.3 is 4.74 Å². The first kappa shape index (κ1) is 19.3. The Labute approximate surface area is 176 Å². The highest BCUT2D eigenvalue weighted by Crippen LogP contribution is 2.30. The van der Waals surface area contributed by atoms with Gasteiger partial charge >= 0.3 is 0 Å². The molecule has 0 amide bonds. The van der Waals surface area contributed by atoms with Crippen LogP contribution in [0.1, 0.15) is 35.7 Å². The predicted octanol–water partition coefficient (Wildman–Crippen LogP) is 2.98. The van der Waals surface area contributed by atoms with Gasteiger partial charge in [-0.25, -0.2) is 13.1 Å². The Kier molecular flexibility index (Phi) is 5.04. The van der Waals surface area contributed by atoms with Crippen molar-refractivity contribution in [2.24, 2.45) is 0 Å². The monoisotopic (exact) mass is 424 g/mol. The fourth-order valence-electron chi connectivity index (χ4n) is 4.03. The summed E-state index contributed by atoms with van der Waals surface area (Å²) in [6.45, 7) is 1.14. The molecule has 1 aliphatic carbocycles. The van der Waals surface area contributed by atoms with Gasteiger partial charge in [-0.1, -0.05) is 29.5 Å². The Morgan fingerprint density at radius 2 is 1.77 bits per heavy atom. The molecule has 1 saturated heterocycles. The van der Waals surface area contributed by atoms with Crippen LogP contribution in [0.25, 0.3) is 0 Å². The third kappa shape index (κ3) is 3.73. The van der Waals surface area contributed by atoms with Crippen LogP contribution in [0, 0.1) is 0 Å². The molecular formula is C22H24N4O3S. The number of ether oxygens (including phenoxy) is 1. The molecule has 30 heavy (non-hydrogen) atoms. The second kappa shape index (κ2) is 7.85. The van der Waals surface area contributed by atoms with Crippen molar-refractivity contribution in [1.82, 2.24) is 19.3 Å². The number of rotatable bonds is 6. The molecule has 3 aromatic rings. The van der Waals surface area contributed by atoms with Gasteiger partial charge in [0.2, 0.25) is 10.0 Å². The van der Waals surface area contributed by atoms with Crippen LogP contribution in [0.5, 0.6) is 5.75 Å². The molecule has 0 unspecified atom stereocenters. The first-order chi connectivity index (χ1) is 14.6. The molecule has 2 aromatic carbocycles. The summed E-state index contributed by atoms with van der Waals surface area (Å²) >= 11 is 0. The average Bonchev–Trinajstić information content (AvgIpc) is 3.20. The molecule has 5 rings (SSSR count). The number of aryl methyl sites for hydroxylation is 2. The molecule has 2 heterocycles. The zero-order valence-corrected chi connectivity index (χ0v) is 17.5. The normalized spacial score (nSPS) is 17.3. The molecule has 0 bridgehead atoms. The van der Waals surface area contributed by atoms with Gasteiger partial charge in [0.25, 0.3) is 0 Å². The van der Waals surface area contributed by atoms with Crippen molar-refractivity contribution in [2.45, 2.75) is 43.2 Å². The van der Waals surface area contributed by atoms with Crippen LogP contribution in [0.2, 0.25) is 0 Å². The summed E-state index contributed by atoms with van der Waals surface area (Å²) in [6, 6.07) is 15.1. The number of benzene rings is 2. The standard InChI is InChI=1S/C22H24N4O3S/c27-30(28,22-11-10-17-6-4-5-7-18(17)12-22)25-14-20(15-25)26-13-19(23-24-26)16-29-21-8-2-1-3-9-21/h1-3,8-13,20H,4-7,14-16H2. The maximum atomic E-state index is 13.0. The molecule has 1 aromatic heterocycles. The van der Waals surface area contributed by atoms with Crippen LogP contribution in [-0.4, -0.2) is 40.8 Å². The predicted molar refractivity (Wildman–Crippen MR) is 112 cm³/mol. The van der Waals surface area contributed by atoms with Crippen molar-refractivity contribution in [3.63, 3.8) is 0 Å². The highest BCUT2D eigenvalue weighted by Gasteiger charge is 2.38. The summed E-state index contributed by atoms with van der Waals surface area (Å²) in [4.78, 5) is 0.400. The zero-order chi connectivity index (χ0) is 20.6. The lowest BCUT2D eigenvalue weighted by Gasteiger charge is -2.37. The van der Waals surface area contributed by atoms with E-state index in [1.807, 2.05) is 48.7 Å². The van der Waals surface area contributed by atoms with Crippen LogP contribution in [0.15, 0.2) is 59.6 Å². The van der Waals surface area contributed by atoms with Gasteiger partial charge in [0.05, 0.1) is 17.1 Å². The summed E-state index contributed by atoms with van der Waals surface area (Å²) in [5, 5.41) is 8.31. The Morgan fingerprint density at radius 1 is 1.00 bits per heavy atom. The quantitative estimate of drug-likeness (QED) is 0.608. The summed E-state index contributed by atoms with van der Waals surface area (Å²) in [7, 11) is -3.47. The van der Waals surface area contributed by atoms with Crippen LogP contribution in [-0.2, 0) is 29.5 Å². The molecular weight excluding hydrogens is 400 g/mol. The summed E-state index contributed by atoms with van der Waals surface area (Å²) < 4.78 is 35.0. The van der Waals surface area contributed by atoms with Gasteiger partial charge in [-0.3, -0.25) is 0 Å². The topological polar surface area (TPSA) is 77.3 Å². The first-order valence-electron chi connectivity index (χ1n) is 10.3. The number of hydrogen-bond acceptors (Lipinski definition) is 5. The van der Waals surface area contributed by atoms with E-state index in [9.17, 15) is 8.42 Å². The molecule has 0 N–H and O–H groups in total. The zero-order valence-electron chi connectivity index (χ0n) is 16.6. The summed E-state index contributed by atoms with van der Waals surface area (Å²) in [5.41, 5.74) is 3.18. The minimum Gasteiger partial charge on any atom is -0.487 e. The minimum absolute atomic E-state index is 0.00428. The van der Waals surface area contributed by atoms with Crippen LogP contribution < -0.4 is 4.74 Å². The summed E-state index contributed by atoms with van der Waals surface area (Å²) in [5.74, 6) is 0.776. The maximum absolute atomic E-state index is 13.0. The van der Waals surface area contributed by atoms with E-state index in [2.05, 4.69) is 10.3 Å². The number of fused-ring (bicyclic) bond motifs is 1. The number of para-hydroxylation sites is 1. The number of sulfonamides is 1. The van der Waals surface area contributed by atoms with Crippen molar-refractivity contribution < 1.29 is 13.2 Å². The van der Waals surface area contributed by atoms with E-state index in [0.717, 1.165) is 30.7 Å². The Hall–Kier alpha value is -2.71. The Morgan fingerprint density at radius 3 is 2.57 bits per heavy atom. The van der Waals surface area contributed by atoms with Gasteiger partial charge in [0, 0.05) is 13.1 Å². The van der Waals surface area contributed by atoms with E-state index in [0.29, 0.717) is 24.6 Å². The van der Waals surface area contributed by atoms with Crippen molar-refractivity contribution in [2.75, 3.05) is 13.1 Å². The van der Waals surface area contributed by atoms with E-state index in [1.165, 1.54) is 21.9 Å². The molecule has 1 fully saturated rings. The molecule has 0 atom stereocenters. The molecule has 156 valence electrons. The number of nitrogens with zero attached hydrogens (tertiary/aromatic N) is 4. The van der Waals surface area contributed by atoms with E-state index in [4.69, 9.17) is 4.74 Å². The van der Waals surface area contributed by atoms with E-state index in [-0.39, 0.29) is 6.04 Å².